The third-order valence-corrected chi connectivity index (χ3v) is 38.1. The monoisotopic (exact) mass is 1320 g/mol. The van der Waals surface area contributed by atoms with E-state index in [-0.39, 0.29) is 0 Å². The van der Waals surface area contributed by atoms with Gasteiger partial charge in [-0.3, -0.25) is 0 Å². The van der Waals surface area contributed by atoms with E-state index in [2.05, 4.69) is 158 Å². The summed E-state index contributed by atoms with van der Waals surface area (Å²) in [5, 5.41) is 20.5. The van der Waals surface area contributed by atoms with Gasteiger partial charge in [-0.25, -0.2) is 0 Å². The number of thiol groups is 1. The molecule has 0 saturated carbocycles. The number of thioether (sulfide) groups is 2. The minimum absolute atomic E-state index is 0.353. The molecule has 2 aliphatic rings. The molecule has 0 aliphatic carbocycles. The maximum absolute atomic E-state index is 10.3. The predicted octanol–water partition coefficient (Wildman–Crippen LogP) is 14.9. The van der Waals surface area contributed by atoms with Crippen LogP contribution in [0, 0.1) is 0 Å². The molecule has 0 bridgehead atoms. The summed E-state index contributed by atoms with van der Waals surface area (Å²) in [7, 11) is -11.7. The largest absolute Gasteiger partial charge is 0.437 e. The summed E-state index contributed by atoms with van der Waals surface area (Å²) in [4.78, 5) is 0. The summed E-state index contributed by atoms with van der Waals surface area (Å²) in [6.45, 7) is 33.9. The first-order chi connectivity index (χ1) is 39.9. The van der Waals surface area contributed by atoms with Crippen molar-refractivity contribution in [3.8, 4) is 0 Å². The average molecular weight is 1320 g/mol. The minimum atomic E-state index is -2.29. The molecule has 2 heterocycles. The van der Waals surface area contributed by atoms with Crippen molar-refractivity contribution < 1.29 is 55.1 Å². The first-order valence-electron chi connectivity index (χ1n) is 30.5. The minimum Gasteiger partial charge on any atom is -0.437 e. The molecular formula is C63H110O12S3Si6. The zero-order valence-corrected chi connectivity index (χ0v) is 62.0. The highest BCUT2D eigenvalue weighted by Crippen LogP contribution is 2.28. The van der Waals surface area contributed by atoms with Crippen LogP contribution in [0.4, 0.5) is 0 Å². The molecule has 4 unspecified atom stereocenters. The average Bonchev–Trinajstić information content (AvgIpc) is 4.51. The van der Waals surface area contributed by atoms with Gasteiger partial charge in [-0.05, 0) is 145 Å². The fourth-order valence-electron chi connectivity index (χ4n) is 9.39. The van der Waals surface area contributed by atoms with Gasteiger partial charge < -0.3 is 55.1 Å². The zero-order valence-electron chi connectivity index (χ0n) is 53.4. The first kappa shape index (κ1) is 77.0. The normalized spacial score (nSPS) is 16.6. The summed E-state index contributed by atoms with van der Waals surface area (Å²) in [5.41, 5.74) is 3.62. The van der Waals surface area contributed by atoms with Crippen LogP contribution in [-0.2, 0) is 44.9 Å². The Kier molecular flexibility index (Phi) is 39.1. The molecule has 2 fully saturated rings. The SMILES string of the molecule is C[Si](C)(CCCOCC(O)CSC/C=C/c1ccccc1)O[Si](C)(C)O[Si](C)(C)CCCOCC(O)CSC/C=C/c1ccccc1.C[Si](C)(CCCOCC1CO1)O[Si](C)(C)O[Si](C)(C)CCCOCC1CO1.SC/C=C/c1ccccc1. The van der Waals surface area contributed by atoms with Crippen LogP contribution in [0.5, 0.6) is 0 Å². The molecule has 0 aromatic heterocycles. The van der Waals surface area contributed by atoms with Crippen molar-refractivity contribution in [3.05, 3.63) is 126 Å². The molecule has 3 aromatic rings. The van der Waals surface area contributed by atoms with Gasteiger partial charge in [0, 0.05) is 55.2 Å². The molecule has 0 spiro atoms. The number of aliphatic hydroxyl groups excluding tert-OH is 2. The molecule has 0 amide bonds. The van der Waals surface area contributed by atoms with Crippen LogP contribution < -0.4 is 0 Å². The quantitative estimate of drug-likeness (QED) is 0.0214. The van der Waals surface area contributed by atoms with Gasteiger partial charge in [0.25, 0.3) is 0 Å². The van der Waals surface area contributed by atoms with E-state index in [1.165, 1.54) is 16.7 Å². The summed E-state index contributed by atoms with van der Waals surface area (Å²) in [5.74, 6) is 3.88. The Labute approximate surface area is 529 Å². The number of epoxide rings is 2. The lowest BCUT2D eigenvalue weighted by Gasteiger charge is -2.39. The lowest BCUT2D eigenvalue weighted by molar-refractivity contribution is 0.0486. The van der Waals surface area contributed by atoms with Crippen molar-refractivity contribution in [1.82, 2.24) is 0 Å². The second-order valence-electron chi connectivity index (χ2n) is 24.9. The highest BCUT2D eigenvalue weighted by atomic mass is 32.2. The summed E-state index contributed by atoms with van der Waals surface area (Å²) < 4.78 is 60.0. The lowest BCUT2D eigenvalue weighted by atomic mass is 10.2. The van der Waals surface area contributed by atoms with Crippen molar-refractivity contribution in [3.63, 3.8) is 0 Å². The number of ether oxygens (including phenoxy) is 6. The smallest absolute Gasteiger partial charge is 0.311 e. The second kappa shape index (κ2) is 42.7. The van der Waals surface area contributed by atoms with E-state index in [1.54, 1.807) is 23.5 Å². The number of hydrogen-bond donors (Lipinski definition) is 3. The number of rotatable bonds is 44. The molecular weight excluding hydrogens is 1210 g/mol. The first-order valence-corrected chi connectivity index (χ1v) is 51.5. The van der Waals surface area contributed by atoms with E-state index in [1.807, 2.05) is 60.7 Å². The fourth-order valence-corrected chi connectivity index (χ4v) is 39.0. The Morgan fingerprint density at radius 1 is 0.464 bits per heavy atom. The third kappa shape index (κ3) is 43.4. The third-order valence-electron chi connectivity index (χ3n) is 12.9. The van der Waals surface area contributed by atoms with Gasteiger partial charge >= 0.3 is 17.1 Å². The van der Waals surface area contributed by atoms with Crippen molar-refractivity contribution in [1.29, 1.82) is 0 Å². The molecule has 476 valence electrons. The van der Waals surface area contributed by atoms with Gasteiger partial charge in [-0.2, -0.15) is 36.2 Å². The molecule has 4 atom stereocenters. The zero-order chi connectivity index (χ0) is 61.6. The van der Waals surface area contributed by atoms with Gasteiger partial charge in [-0.15, -0.1) is 0 Å². The lowest BCUT2D eigenvalue weighted by Crippen LogP contribution is -2.52. The molecule has 0 radical (unpaired) electrons. The summed E-state index contributed by atoms with van der Waals surface area (Å²) in [6.07, 6.45) is 16.3. The highest BCUT2D eigenvalue weighted by Gasteiger charge is 2.41. The molecule has 2 N–H and O–H groups in total. The standard InChI is InChI=1S/C36H60O6S2Si3.C18H40O6Si3.C9H10S/c1-45(2,27-15-23-39-29-35(37)31-43-25-13-21-33-17-9-7-10-18-33)41-47(5,6)42-46(3,4)28-16-24-40-30-36(38)32-44-26-14-22-34-19-11-8-12-20-34;1-25(2,11-7-9-19-13-17-15-21-17)23-27(5,6)24-26(3,4)12-8-10-20-14-18-16-22-18;10-8-4-7-9-5-2-1-3-6-9/h7-14,17-22,35-38H,15-16,23-32H2,1-6H3;17-18H,7-16H2,1-6H3;1-7,10H,8H2/b21-13+,22-14+;;7-4+. The van der Waals surface area contributed by atoms with Crippen LogP contribution in [0.3, 0.4) is 0 Å². The van der Waals surface area contributed by atoms with Crippen molar-refractivity contribution in [2.75, 3.05) is 94.8 Å². The van der Waals surface area contributed by atoms with Gasteiger partial charge in [0.1, 0.15) is 12.2 Å². The van der Waals surface area contributed by atoms with Crippen LogP contribution in [0.1, 0.15) is 42.4 Å². The molecule has 2 aliphatic heterocycles. The molecule has 12 nitrogen and oxygen atoms in total. The van der Waals surface area contributed by atoms with E-state index >= 15 is 0 Å². The summed E-state index contributed by atoms with van der Waals surface area (Å²) in [6, 6.07) is 34.9. The van der Waals surface area contributed by atoms with Gasteiger partial charge in [0.05, 0.1) is 51.8 Å². The summed E-state index contributed by atoms with van der Waals surface area (Å²) >= 11 is 7.49. The Hall–Kier alpha value is -1.25. The molecule has 5 rings (SSSR count). The van der Waals surface area contributed by atoms with Crippen LogP contribution in [0.2, 0.25) is 103 Å². The van der Waals surface area contributed by atoms with Crippen LogP contribution in [0.15, 0.2) is 109 Å². The van der Waals surface area contributed by atoms with E-state index in [9.17, 15) is 10.2 Å². The second-order valence-corrected chi connectivity index (χ2v) is 52.3. The van der Waals surface area contributed by atoms with Crippen molar-refractivity contribution in [2.45, 2.75) is 153 Å². The number of aliphatic hydroxyl groups is 2. The van der Waals surface area contributed by atoms with E-state index in [4.69, 9.17) is 44.9 Å². The van der Waals surface area contributed by atoms with Gasteiger partial charge in [0.2, 0.25) is 0 Å². The number of hydrogen-bond acceptors (Lipinski definition) is 15. The van der Waals surface area contributed by atoms with Crippen molar-refractivity contribution in [2.24, 2.45) is 0 Å². The Morgan fingerprint density at radius 2 is 0.750 bits per heavy atom. The molecule has 21 heteroatoms. The Morgan fingerprint density at radius 3 is 1.04 bits per heavy atom. The maximum atomic E-state index is 10.3. The maximum Gasteiger partial charge on any atom is 0.311 e. The topological polar surface area (TPSA) is 139 Å². The van der Waals surface area contributed by atoms with Crippen LogP contribution in [0.25, 0.3) is 18.2 Å². The van der Waals surface area contributed by atoms with E-state index in [0.29, 0.717) is 50.1 Å². The van der Waals surface area contributed by atoms with Crippen LogP contribution >= 0.6 is 36.2 Å². The molecule has 3 aromatic carbocycles. The van der Waals surface area contributed by atoms with Gasteiger partial charge in [0.15, 0.2) is 33.3 Å². The molecule has 84 heavy (non-hydrogen) atoms. The van der Waals surface area contributed by atoms with Crippen LogP contribution in [-0.4, -0.2) is 180 Å². The molecule has 2 saturated heterocycles. The Balaban J connectivity index is 0.000000414. The predicted molar refractivity (Wildman–Crippen MR) is 377 cm³/mol. The van der Waals surface area contributed by atoms with Gasteiger partial charge in [-0.1, -0.05) is 127 Å². The van der Waals surface area contributed by atoms with E-state index in [0.717, 1.165) is 107 Å². The highest BCUT2D eigenvalue weighted by molar-refractivity contribution is 7.99. The van der Waals surface area contributed by atoms with E-state index < -0.39 is 62.6 Å². The van der Waals surface area contributed by atoms with Crippen molar-refractivity contribution >= 4 is 105 Å². The number of benzene rings is 3. The fraction of sp³-hybridized carbons (Fsp3) is 0.619. The Bertz CT molecular complexity index is 2080.